The third-order valence-electron chi connectivity index (χ3n) is 4.57. The lowest BCUT2D eigenvalue weighted by Gasteiger charge is -2.39. The van der Waals surface area contributed by atoms with Crippen molar-refractivity contribution in [2.75, 3.05) is 13.1 Å². The fourth-order valence-corrected chi connectivity index (χ4v) is 3.42. The summed E-state index contributed by atoms with van der Waals surface area (Å²) in [6, 6.07) is 8.17. The second-order valence-electron chi connectivity index (χ2n) is 6.65. The first kappa shape index (κ1) is 19.5. The van der Waals surface area contributed by atoms with Gasteiger partial charge in [-0.25, -0.2) is 0 Å². The predicted octanol–water partition coefficient (Wildman–Crippen LogP) is 3.73. The number of hydrogen-bond donors (Lipinski definition) is 1. The molecule has 0 spiro atoms. The largest absolute Gasteiger partial charge is 0.342 e. The smallest absolute Gasteiger partial charge is 0.232 e. The van der Waals surface area contributed by atoms with Gasteiger partial charge in [0.05, 0.1) is 5.41 Å². The molecule has 22 heavy (non-hydrogen) atoms. The number of hydrogen-bond acceptors (Lipinski definition) is 2. The number of nitrogens with two attached hydrogens (primary N) is 1. The molecule has 0 aromatic heterocycles. The van der Waals surface area contributed by atoms with Crippen molar-refractivity contribution in [2.45, 2.75) is 45.1 Å². The monoisotopic (exact) mass is 388 g/mol. The molecule has 124 valence electrons. The summed E-state index contributed by atoms with van der Waals surface area (Å²) in [5.74, 6) is 0.618. The molecule has 1 saturated heterocycles. The Bertz CT molecular complexity index is 519. The lowest BCUT2D eigenvalue weighted by molar-refractivity contribution is -0.138. The van der Waals surface area contributed by atoms with Crippen LogP contribution in [0.2, 0.25) is 0 Å². The van der Waals surface area contributed by atoms with E-state index in [1.54, 1.807) is 0 Å². The molecule has 2 rings (SSSR count). The predicted molar refractivity (Wildman–Crippen MR) is 97.4 cm³/mol. The van der Waals surface area contributed by atoms with E-state index in [4.69, 9.17) is 5.73 Å². The van der Waals surface area contributed by atoms with Gasteiger partial charge in [0, 0.05) is 23.6 Å². The number of carbonyl (C=O) groups is 1. The lowest BCUT2D eigenvalue weighted by Crippen LogP contribution is -2.50. The third kappa shape index (κ3) is 4.24. The van der Waals surface area contributed by atoms with E-state index < -0.39 is 5.41 Å². The van der Waals surface area contributed by atoms with Crippen LogP contribution in [0.4, 0.5) is 0 Å². The van der Waals surface area contributed by atoms with E-state index in [1.165, 1.54) is 0 Å². The van der Waals surface area contributed by atoms with Crippen molar-refractivity contribution >= 4 is 34.2 Å². The van der Waals surface area contributed by atoms with E-state index in [1.807, 2.05) is 49.9 Å². The van der Waals surface area contributed by atoms with Gasteiger partial charge in [0.15, 0.2) is 0 Å². The van der Waals surface area contributed by atoms with Gasteiger partial charge in [-0.1, -0.05) is 28.1 Å². The highest BCUT2D eigenvalue weighted by Crippen LogP contribution is 2.30. The van der Waals surface area contributed by atoms with E-state index in [9.17, 15) is 4.79 Å². The van der Waals surface area contributed by atoms with Crippen molar-refractivity contribution in [1.82, 2.24) is 4.90 Å². The molecule has 0 aliphatic carbocycles. The Morgan fingerprint density at radius 3 is 2.73 bits per heavy atom. The molecule has 0 radical (unpaired) electrons. The summed E-state index contributed by atoms with van der Waals surface area (Å²) in [6.45, 7) is 7.69. The Morgan fingerprint density at radius 2 is 2.14 bits per heavy atom. The zero-order valence-electron chi connectivity index (χ0n) is 13.5. The van der Waals surface area contributed by atoms with E-state index in [0.29, 0.717) is 5.92 Å². The lowest BCUT2D eigenvalue weighted by atomic mass is 9.82. The fourth-order valence-electron chi connectivity index (χ4n) is 3.02. The SMILES string of the molecule is CC(N)C1CCCN(C(=O)C(C)(C)c2cccc(Br)c2)C1.Cl. The average Bonchev–Trinajstić information content (AvgIpc) is 2.46. The third-order valence-corrected chi connectivity index (χ3v) is 5.06. The molecular weight excluding hydrogens is 364 g/mol. The molecular formula is C17H26BrClN2O. The maximum absolute atomic E-state index is 13.0. The van der Waals surface area contributed by atoms with Gasteiger partial charge in [-0.05, 0) is 57.2 Å². The molecule has 1 aromatic carbocycles. The Hall–Kier alpha value is -0.580. The van der Waals surface area contributed by atoms with E-state index in [0.717, 1.165) is 36.0 Å². The van der Waals surface area contributed by atoms with Gasteiger partial charge in [-0.3, -0.25) is 4.79 Å². The topological polar surface area (TPSA) is 46.3 Å². The van der Waals surface area contributed by atoms with E-state index in [2.05, 4.69) is 15.9 Å². The number of piperidine rings is 1. The molecule has 3 nitrogen and oxygen atoms in total. The summed E-state index contributed by atoms with van der Waals surface area (Å²) < 4.78 is 1.01. The van der Waals surface area contributed by atoms with Gasteiger partial charge >= 0.3 is 0 Å². The number of nitrogens with zero attached hydrogens (tertiary/aromatic N) is 1. The molecule has 0 bridgehead atoms. The van der Waals surface area contributed by atoms with Gasteiger partial charge in [0.2, 0.25) is 5.91 Å². The molecule has 2 unspecified atom stereocenters. The Balaban J connectivity index is 0.00000242. The molecule has 1 aliphatic rings. The highest BCUT2D eigenvalue weighted by molar-refractivity contribution is 9.10. The van der Waals surface area contributed by atoms with Crippen LogP contribution in [0, 0.1) is 5.92 Å². The van der Waals surface area contributed by atoms with Crippen molar-refractivity contribution in [2.24, 2.45) is 11.7 Å². The van der Waals surface area contributed by atoms with E-state index in [-0.39, 0.29) is 24.4 Å². The van der Waals surface area contributed by atoms with E-state index >= 15 is 0 Å². The summed E-state index contributed by atoms with van der Waals surface area (Å²) in [7, 11) is 0. The van der Waals surface area contributed by atoms with Crippen molar-refractivity contribution in [3.05, 3.63) is 34.3 Å². The molecule has 1 heterocycles. The minimum absolute atomic E-state index is 0. The van der Waals surface area contributed by atoms with Gasteiger partial charge in [0.25, 0.3) is 0 Å². The Kier molecular flexibility index (Phi) is 6.90. The molecule has 2 atom stereocenters. The highest BCUT2D eigenvalue weighted by Gasteiger charge is 2.36. The molecule has 1 fully saturated rings. The average molecular weight is 390 g/mol. The number of halogens is 2. The maximum atomic E-state index is 13.0. The highest BCUT2D eigenvalue weighted by atomic mass is 79.9. The Labute approximate surface area is 148 Å². The van der Waals surface area contributed by atoms with Gasteiger partial charge < -0.3 is 10.6 Å². The van der Waals surface area contributed by atoms with Crippen molar-refractivity contribution in [3.63, 3.8) is 0 Å². The second kappa shape index (κ2) is 7.80. The molecule has 1 aliphatic heterocycles. The van der Waals surface area contributed by atoms with Crippen LogP contribution in [-0.2, 0) is 10.2 Å². The van der Waals surface area contributed by atoms with Crippen LogP contribution in [0.25, 0.3) is 0 Å². The van der Waals surface area contributed by atoms with Crippen LogP contribution < -0.4 is 5.73 Å². The number of likely N-dealkylation sites (tertiary alicyclic amines) is 1. The Morgan fingerprint density at radius 1 is 1.45 bits per heavy atom. The summed E-state index contributed by atoms with van der Waals surface area (Å²) in [6.07, 6.45) is 2.17. The van der Waals surface area contributed by atoms with Crippen molar-refractivity contribution in [1.29, 1.82) is 0 Å². The standard InChI is InChI=1S/C17H25BrN2O.ClH/c1-12(19)13-6-5-9-20(11-13)16(21)17(2,3)14-7-4-8-15(18)10-14;/h4,7-8,10,12-13H,5-6,9,11,19H2,1-3H3;1H. The number of benzene rings is 1. The van der Waals surface area contributed by atoms with Gasteiger partial charge in [-0.15, -0.1) is 12.4 Å². The zero-order chi connectivity index (χ0) is 15.6. The van der Waals surface area contributed by atoms with Crippen molar-refractivity contribution < 1.29 is 4.79 Å². The molecule has 0 saturated carbocycles. The quantitative estimate of drug-likeness (QED) is 0.856. The van der Waals surface area contributed by atoms with Crippen LogP contribution in [0.3, 0.4) is 0 Å². The summed E-state index contributed by atoms with van der Waals surface area (Å²) in [5, 5.41) is 0. The van der Waals surface area contributed by atoms with Crippen LogP contribution >= 0.6 is 28.3 Å². The molecule has 1 amide bonds. The number of carbonyl (C=O) groups excluding carboxylic acids is 1. The molecule has 2 N–H and O–H groups in total. The van der Waals surface area contributed by atoms with Crippen LogP contribution in [0.5, 0.6) is 0 Å². The first-order chi connectivity index (χ1) is 9.82. The molecule has 5 heteroatoms. The minimum Gasteiger partial charge on any atom is -0.342 e. The summed E-state index contributed by atoms with van der Waals surface area (Å²) in [4.78, 5) is 15.0. The van der Waals surface area contributed by atoms with Crippen molar-refractivity contribution in [3.8, 4) is 0 Å². The number of rotatable bonds is 3. The molecule has 1 aromatic rings. The fraction of sp³-hybridized carbons (Fsp3) is 0.588. The van der Waals surface area contributed by atoms with Crippen LogP contribution in [0.1, 0.15) is 39.2 Å². The first-order valence-corrected chi connectivity index (χ1v) is 8.42. The van der Waals surface area contributed by atoms with Gasteiger partial charge in [-0.2, -0.15) is 0 Å². The summed E-state index contributed by atoms with van der Waals surface area (Å²) >= 11 is 3.49. The van der Waals surface area contributed by atoms with Crippen LogP contribution in [0.15, 0.2) is 28.7 Å². The number of amides is 1. The second-order valence-corrected chi connectivity index (χ2v) is 7.56. The first-order valence-electron chi connectivity index (χ1n) is 7.63. The van der Waals surface area contributed by atoms with Crippen LogP contribution in [-0.4, -0.2) is 29.9 Å². The summed E-state index contributed by atoms with van der Waals surface area (Å²) in [5.41, 5.74) is 6.56. The van der Waals surface area contributed by atoms with Gasteiger partial charge in [0.1, 0.15) is 0 Å². The normalized spacial score (nSPS) is 20.2. The maximum Gasteiger partial charge on any atom is 0.232 e. The zero-order valence-corrected chi connectivity index (χ0v) is 15.9. The minimum atomic E-state index is -0.510.